The number of primary amides is 1. The number of ether oxygens (including phenoxy) is 1. The van der Waals surface area contributed by atoms with E-state index in [1.165, 1.54) is 11.7 Å². The van der Waals surface area contributed by atoms with Crippen molar-refractivity contribution in [2.45, 2.75) is 0 Å². The maximum atomic E-state index is 13.0. The predicted molar refractivity (Wildman–Crippen MR) is 94.4 cm³/mol. The van der Waals surface area contributed by atoms with Crippen molar-refractivity contribution in [1.29, 1.82) is 0 Å². The lowest BCUT2D eigenvalue weighted by Gasteiger charge is -2.18. The number of aromatic nitrogens is 3. The zero-order chi connectivity index (χ0) is 18.1. The maximum Gasteiger partial charge on any atom is 0.262 e. The molecular formula is C18H18N4O3. The van der Waals surface area contributed by atoms with Gasteiger partial charge in [0.25, 0.3) is 11.5 Å². The predicted octanol–water partition coefficient (Wildman–Crippen LogP) is 1.56. The van der Waals surface area contributed by atoms with E-state index in [1.54, 1.807) is 31.2 Å². The zero-order valence-electron chi connectivity index (χ0n) is 14.2. The van der Waals surface area contributed by atoms with Crippen LogP contribution >= 0.6 is 0 Å². The van der Waals surface area contributed by atoms with Crippen LogP contribution in [0.5, 0.6) is 5.75 Å². The summed E-state index contributed by atoms with van der Waals surface area (Å²) in [6, 6.07) is 9.12. The number of carbonyl (C=O) groups is 1. The molecule has 0 saturated heterocycles. The Kier molecular flexibility index (Phi) is 4.14. The van der Waals surface area contributed by atoms with Gasteiger partial charge < -0.3 is 15.0 Å². The topological polar surface area (TPSA) is 92.1 Å². The molecule has 0 bridgehead atoms. The summed E-state index contributed by atoms with van der Waals surface area (Å²) in [6.45, 7) is 0. The van der Waals surface area contributed by atoms with Crippen LogP contribution in [-0.4, -0.2) is 27.4 Å². The lowest BCUT2D eigenvalue weighted by molar-refractivity contribution is 0.0997. The van der Waals surface area contributed by atoms with E-state index in [0.29, 0.717) is 16.8 Å². The highest BCUT2D eigenvalue weighted by molar-refractivity contribution is 6.03. The second kappa shape index (κ2) is 6.27. The highest BCUT2D eigenvalue weighted by Gasteiger charge is 2.26. The van der Waals surface area contributed by atoms with Gasteiger partial charge in [0.2, 0.25) is 0 Å². The van der Waals surface area contributed by atoms with E-state index in [9.17, 15) is 9.59 Å². The van der Waals surface area contributed by atoms with Crippen molar-refractivity contribution in [1.82, 2.24) is 14.3 Å². The molecule has 7 heteroatoms. The van der Waals surface area contributed by atoms with Crippen LogP contribution in [0, 0.1) is 0 Å². The van der Waals surface area contributed by atoms with Crippen LogP contribution in [0.25, 0.3) is 22.4 Å². The van der Waals surface area contributed by atoms with Crippen LogP contribution < -0.4 is 16.0 Å². The zero-order valence-corrected chi connectivity index (χ0v) is 14.2. The van der Waals surface area contributed by atoms with Gasteiger partial charge in [-0.3, -0.25) is 14.3 Å². The summed E-state index contributed by atoms with van der Waals surface area (Å²) in [5.74, 6) is -0.515. The van der Waals surface area contributed by atoms with Crippen molar-refractivity contribution in [3.63, 3.8) is 0 Å². The van der Waals surface area contributed by atoms with Gasteiger partial charge in [0.05, 0.1) is 24.6 Å². The van der Waals surface area contributed by atoms with Crippen LogP contribution in [-0.2, 0) is 14.1 Å². The van der Waals surface area contributed by atoms with Gasteiger partial charge in [-0.25, -0.2) is 0 Å². The number of hydrogen-bond donors (Lipinski definition) is 1. The molecule has 3 aromatic rings. The summed E-state index contributed by atoms with van der Waals surface area (Å²) >= 11 is 0. The second-order valence-corrected chi connectivity index (χ2v) is 5.63. The van der Waals surface area contributed by atoms with E-state index in [4.69, 9.17) is 10.5 Å². The van der Waals surface area contributed by atoms with Gasteiger partial charge >= 0.3 is 0 Å². The molecule has 0 aliphatic rings. The lowest BCUT2D eigenvalue weighted by atomic mass is 9.99. The molecule has 0 fully saturated rings. The van der Waals surface area contributed by atoms with Gasteiger partial charge in [-0.05, 0) is 5.56 Å². The molecule has 1 aromatic carbocycles. The molecule has 0 atom stereocenters. The summed E-state index contributed by atoms with van der Waals surface area (Å²) in [5, 5.41) is 4.09. The van der Waals surface area contributed by atoms with Crippen molar-refractivity contribution in [2.24, 2.45) is 19.8 Å². The molecule has 7 nitrogen and oxygen atoms in total. The first-order valence-electron chi connectivity index (χ1n) is 7.61. The molecule has 0 aliphatic heterocycles. The Morgan fingerprint density at radius 1 is 1.16 bits per heavy atom. The molecule has 0 radical (unpaired) electrons. The van der Waals surface area contributed by atoms with Gasteiger partial charge in [-0.2, -0.15) is 5.10 Å². The number of pyridine rings is 1. The first kappa shape index (κ1) is 16.5. The van der Waals surface area contributed by atoms with E-state index in [0.717, 1.165) is 0 Å². The number of carbonyl (C=O) groups excluding carboxylic acids is 1. The largest absolute Gasteiger partial charge is 0.495 e. The second-order valence-electron chi connectivity index (χ2n) is 5.63. The average molecular weight is 338 g/mol. The monoisotopic (exact) mass is 338 g/mol. The molecule has 25 heavy (non-hydrogen) atoms. The molecule has 1 amide bonds. The number of nitrogens with zero attached hydrogens (tertiary/aromatic N) is 3. The van der Waals surface area contributed by atoms with Crippen LogP contribution in [0.2, 0.25) is 0 Å². The summed E-state index contributed by atoms with van der Waals surface area (Å²) in [7, 11) is 4.76. The third-order valence-electron chi connectivity index (χ3n) is 4.04. The number of methoxy groups -OCH3 is 1. The van der Waals surface area contributed by atoms with E-state index < -0.39 is 5.91 Å². The summed E-state index contributed by atoms with van der Waals surface area (Å²) in [5.41, 5.74) is 7.44. The fourth-order valence-electron chi connectivity index (χ4n) is 2.94. The first-order valence-corrected chi connectivity index (χ1v) is 7.61. The minimum absolute atomic E-state index is 0.155. The Morgan fingerprint density at radius 3 is 2.36 bits per heavy atom. The first-order chi connectivity index (χ1) is 12.0. The number of rotatable bonds is 4. The van der Waals surface area contributed by atoms with Crippen LogP contribution in [0.1, 0.15) is 10.4 Å². The molecule has 2 N–H and O–H groups in total. The SMILES string of the molecule is COc1c(C(N)=O)c(-c2ccccc2)n(C)c(=O)c1-c1cnn(C)c1. The Morgan fingerprint density at radius 2 is 1.84 bits per heavy atom. The molecule has 3 rings (SSSR count). The van der Waals surface area contributed by atoms with Gasteiger partial charge in [0.1, 0.15) is 11.3 Å². The lowest BCUT2D eigenvalue weighted by Crippen LogP contribution is -2.27. The normalized spacial score (nSPS) is 10.7. The third kappa shape index (κ3) is 2.69. The minimum atomic E-state index is -0.670. The van der Waals surface area contributed by atoms with Crippen LogP contribution in [0.3, 0.4) is 0 Å². The molecule has 0 aliphatic carbocycles. The number of benzene rings is 1. The van der Waals surface area contributed by atoms with Crippen molar-refractivity contribution < 1.29 is 9.53 Å². The molecule has 2 aromatic heterocycles. The summed E-state index contributed by atoms with van der Waals surface area (Å²) in [4.78, 5) is 25.3. The van der Waals surface area contributed by atoms with Crippen molar-refractivity contribution in [3.8, 4) is 28.1 Å². The van der Waals surface area contributed by atoms with E-state index in [-0.39, 0.29) is 22.4 Å². The number of aryl methyl sites for hydroxylation is 1. The van der Waals surface area contributed by atoms with E-state index >= 15 is 0 Å². The smallest absolute Gasteiger partial charge is 0.262 e. The van der Waals surface area contributed by atoms with Gasteiger partial charge in [-0.15, -0.1) is 0 Å². The van der Waals surface area contributed by atoms with Crippen LogP contribution in [0.15, 0.2) is 47.5 Å². The molecule has 128 valence electrons. The van der Waals surface area contributed by atoms with Crippen molar-refractivity contribution in [2.75, 3.05) is 7.11 Å². The third-order valence-corrected chi connectivity index (χ3v) is 4.04. The van der Waals surface area contributed by atoms with Crippen LogP contribution in [0.4, 0.5) is 0 Å². The standard InChI is InChI=1S/C18H18N4O3/c1-21-10-12(9-20-21)13-16(25-3)14(17(19)23)15(22(2)18(13)24)11-7-5-4-6-8-11/h4-10H,1-3H3,(H2,19,23). The quantitative estimate of drug-likeness (QED) is 0.781. The van der Waals surface area contributed by atoms with E-state index in [1.807, 2.05) is 30.3 Å². The number of hydrogen-bond acceptors (Lipinski definition) is 4. The number of amides is 1. The Balaban J connectivity index is 2.46. The van der Waals surface area contributed by atoms with Gasteiger partial charge in [-0.1, -0.05) is 30.3 Å². The molecular weight excluding hydrogens is 320 g/mol. The fraction of sp³-hybridized carbons (Fsp3) is 0.167. The average Bonchev–Trinajstić information content (AvgIpc) is 3.02. The highest BCUT2D eigenvalue weighted by atomic mass is 16.5. The van der Waals surface area contributed by atoms with E-state index in [2.05, 4.69) is 5.10 Å². The molecule has 0 spiro atoms. The Bertz CT molecular complexity index is 1000. The highest BCUT2D eigenvalue weighted by Crippen LogP contribution is 2.35. The summed E-state index contributed by atoms with van der Waals surface area (Å²) < 4.78 is 8.44. The Hall–Kier alpha value is -3.35. The Labute approximate surface area is 144 Å². The van der Waals surface area contributed by atoms with Gasteiger partial charge in [0.15, 0.2) is 0 Å². The number of nitrogens with two attached hydrogens (primary N) is 1. The molecule has 0 unspecified atom stereocenters. The molecule has 0 saturated carbocycles. The minimum Gasteiger partial charge on any atom is -0.495 e. The van der Waals surface area contributed by atoms with Crippen molar-refractivity contribution in [3.05, 3.63) is 58.6 Å². The maximum absolute atomic E-state index is 13.0. The summed E-state index contributed by atoms with van der Waals surface area (Å²) in [6.07, 6.45) is 3.23. The van der Waals surface area contributed by atoms with Gasteiger partial charge in [0, 0.05) is 25.9 Å². The van der Waals surface area contributed by atoms with Crippen molar-refractivity contribution >= 4 is 5.91 Å². The fourth-order valence-corrected chi connectivity index (χ4v) is 2.94. The molecule has 2 heterocycles.